The van der Waals surface area contributed by atoms with Crippen LogP contribution in [0, 0.1) is 11.6 Å². The van der Waals surface area contributed by atoms with Crippen LogP contribution in [0.5, 0.6) is 0 Å². The highest BCUT2D eigenvalue weighted by atomic mass is 35.5. The zero-order valence-electron chi connectivity index (χ0n) is 10.9. The summed E-state index contributed by atoms with van der Waals surface area (Å²) in [6.45, 7) is 1.73. The Morgan fingerprint density at radius 2 is 2.00 bits per heavy atom. The summed E-state index contributed by atoms with van der Waals surface area (Å²) in [6, 6.07) is 7.08. The van der Waals surface area contributed by atoms with Gasteiger partial charge >= 0.3 is 0 Å². The molecule has 1 aromatic heterocycles. The van der Waals surface area contributed by atoms with Gasteiger partial charge in [-0.3, -0.25) is 0 Å². The standard InChI is InChI=1S/C14H10ClF2N3S/c1-7(8-3-2-4-10(16)12(8)17)18-13-9(15)5-6-11-14(13)20-21-19-11/h2-7,18H,1H3. The molecule has 3 nitrogen and oxygen atoms in total. The van der Waals surface area contributed by atoms with Gasteiger partial charge in [0.15, 0.2) is 11.6 Å². The highest BCUT2D eigenvalue weighted by molar-refractivity contribution is 7.00. The van der Waals surface area contributed by atoms with Crippen molar-refractivity contribution in [2.24, 2.45) is 0 Å². The second-order valence-corrected chi connectivity index (χ2v) is 5.50. The Balaban J connectivity index is 2.00. The number of rotatable bonds is 3. The number of halogens is 3. The number of nitrogens with one attached hydrogen (secondary N) is 1. The van der Waals surface area contributed by atoms with E-state index in [4.69, 9.17) is 11.6 Å². The molecule has 0 bridgehead atoms. The van der Waals surface area contributed by atoms with Gasteiger partial charge in [0.1, 0.15) is 11.0 Å². The molecule has 0 amide bonds. The van der Waals surface area contributed by atoms with Gasteiger partial charge in [-0.1, -0.05) is 23.7 Å². The van der Waals surface area contributed by atoms with Crippen LogP contribution in [0.2, 0.25) is 5.02 Å². The maximum atomic E-state index is 13.8. The lowest BCUT2D eigenvalue weighted by Gasteiger charge is -2.17. The average molecular weight is 326 g/mol. The highest BCUT2D eigenvalue weighted by Crippen LogP contribution is 2.33. The Morgan fingerprint density at radius 1 is 1.19 bits per heavy atom. The summed E-state index contributed by atoms with van der Waals surface area (Å²) < 4.78 is 35.5. The van der Waals surface area contributed by atoms with Crippen LogP contribution in [0.4, 0.5) is 14.5 Å². The molecule has 0 aliphatic heterocycles. The molecule has 0 aliphatic rings. The first-order chi connectivity index (χ1) is 10.1. The fraction of sp³-hybridized carbons (Fsp3) is 0.143. The molecule has 0 fully saturated rings. The van der Waals surface area contributed by atoms with E-state index in [1.165, 1.54) is 12.1 Å². The van der Waals surface area contributed by atoms with Gasteiger partial charge in [-0.25, -0.2) is 8.78 Å². The molecule has 0 aliphatic carbocycles. The van der Waals surface area contributed by atoms with E-state index in [0.717, 1.165) is 17.8 Å². The summed E-state index contributed by atoms with van der Waals surface area (Å²) in [5.74, 6) is -1.74. The Bertz CT molecular complexity index is 806. The van der Waals surface area contributed by atoms with Gasteiger partial charge in [-0.15, -0.1) is 0 Å². The van der Waals surface area contributed by atoms with Crippen molar-refractivity contribution in [3.63, 3.8) is 0 Å². The average Bonchev–Trinajstić information content (AvgIpc) is 2.93. The summed E-state index contributed by atoms with van der Waals surface area (Å²) in [5, 5.41) is 3.55. The highest BCUT2D eigenvalue weighted by Gasteiger charge is 2.17. The maximum Gasteiger partial charge on any atom is 0.164 e. The van der Waals surface area contributed by atoms with Crippen LogP contribution in [0.3, 0.4) is 0 Å². The number of benzene rings is 2. The number of anilines is 1. The van der Waals surface area contributed by atoms with Crippen LogP contribution in [-0.4, -0.2) is 8.75 Å². The van der Waals surface area contributed by atoms with Crippen LogP contribution >= 0.6 is 23.3 Å². The van der Waals surface area contributed by atoms with E-state index in [1.54, 1.807) is 19.1 Å². The number of hydrogen-bond donors (Lipinski definition) is 1. The molecule has 0 spiro atoms. The van der Waals surface area contributed by atoms with Crippen molar-refractivity contribution in [1.29, 1.82) is 0 Å². The van der Waals surface area contributed by atoms with Crippen molar-refractivity contribution in [3.8, 4) is 0 Å². The number of fused-ring (bicyclic) bond motifs is 1. The Hall–Kier alpha value is -1.79. The minimum Gasteiger partial charge on any atom is -0.375 e. The predicted molar refractivity (Wildman–Crippen MR) is 80.8 cm³/mol. The molecular weight excluding hydrogens is 316 g/mol. The molecule has 1 N–H and O–H groups in total. The lowest BCUT2D eigenvalue weighted by Crippen LogP contribution is -2.10. The lowest BCUT2D eigenvalue weighted by molar-refractivity contribution is 0.495. The zero-order valence-corrected chi connectivity index (χ0v) is 12.5. The van der Waals surface area contributed by atoms with Crippen LogP contribution in [0.25, 0.3) is 11.0 Å². The van der Waals surface area contributed by atoms with Crippen molar-refractivity contribution in [2.75, 3.05) is 5.32 Å². The summed E-state index contributed by atoms with van der Waals surface area (Å²) in [6.07, 6.45) is 0. The third-order valence-electron chi connectivity index (χ3n) is 3.19. The Labute approximate surface area is 128 Å². The molecule has 3 rings (SSSR count). The molecule has 2 aromatic carbocycles. The monoisotopic (exact) mass is 325 g/mol. The maximum absolute atomic E-state index is 13.8. The lowest BCUT2D eigenvalue weighted by atomic mass is 10.1. The fourth-order valence-electron chi connectivity index (χ4n) is 2.11. The summed E-state index contributed by atoms with van der Waals surface area (Å²) in [5.41, 5.74) is 2.13. The third-order valence-corrected chi connectivity index (χ3v) is 4.04. The van der Waals surface area contributed by atoms with E-state index in [0.29, 0.717) is 21.7 Å². The predicted octanol–water partition coefficient (Wildman–Crippen LogP) is 4.80. The number of hydrogen-bond acceptors (Lipinski definition) is 4. The first-order valence-corrected chi connectivity index (χ1v) is 7.30. The van der Waals surface area contributed by atoms with Crippen LogP contribution in [0.1, 0.15) is 18.5 Å². The minimum absolute atomic E-state index is 0.228. The summed E-state index contributed by atoms with van der Waals surface area (Å²) >= 11 is 7.24. The second-order valence-electron chi connectivity index (χ2n) is 4.56. The molecule has 0 saturated heterocycles. The van der Waals surface area contributed by atoms with Crippen LogP contribution < -0.4 is 5.32 Å². The van der Waals surface area contributed by atoms with Gasteiger partial charge in [0, 0.05) is 5.56 Å². The fourth-order valence-corrected chi connectivity index (χ4v) is 2.86. The van der Waals surface area contributed by atoms with Crippen molar-refractivity contribution in [2.45, 2.75) is 13.0 Å². The van der Waals surface area contributed by atoms with E-state index in [9.17, 15) is 8.78 Å². The largest absolute Gasteiger partial charge is 0.375 e. The molecule has 21 heavy (non-hydrogen) atoms. The second kappa shape index (κ2) is 5.54. The van der Waals surface area contributed by atoms with Gasteiger partial charge in [0.05, 0.1) is 28.5 Å². The van der Waals surface area contributed by atoms with Gasteiger partial charge in [0.2, 0.25) is 0 Å². The first-order valence-electron chi connectivity index (χ1n) is 6.19. The molecule has 7 heteroatoms. The molecule has 0 saturated carbocycles. The summed E-state index contributed by atoms with van der Waals surface area (Å²) in [7, 11) is 0. The molecule has 108 valence electrons. The van der Waals surface area contributed by atoms with Gasteiger partial charge in [-0.05, 0) is 25.1 Å². The van der Waals surface area contributed by atoms with Crippen molar-refractivity contribution >= 4 is 40.0 Å². The van der Waals surface area contributed by atoms with Crippen molar-refractivity contribution in [1.82, 2.24) is 8.75 Å². The van der Waals surface area contributed by atoms with E-state index >= 15 is 0 Å². The molecule has 1 unspecified atom stereocenters. The Kier molecular flexibility index (Phi) is 3.73. The van der Waals surface area contributed by atoms with Crippen molar-refractivity contribution < 1.29 is 8.78 Å². The van der Waals surface area contributed by atoms with E-state index in [-0.39, 0.29) is 5.56 Å². The van der Waals surface area contributed by atoms with Crippen LogP contribution in [-0.2, 0) is 0 Å². The quantitative estimate of drug-likeness (QED) is 0.752. The molecule has 0 radical (unpaired) electrons. The minimum atomic E-state index is -0.874. The zero-order chi connectivity index (χ0) is 15.0. The van der Waals surface area contributed by atoms with Gasteiger partial charge in [0.25, 0.3) is 0 Å². The first kappa shape index (κ1) is 14.2. The SMILES string of the molecule is CC(Nc1c(Cl)ccc2nsnc12)c1cccc(F)c1F. The number of aromatic nitrogens is 2. The normalized spacial score (nSPS) is 12.6. The third kappa shape index (κ3) is 2.56. The van der Waals surface area contributed by atoms with Gasteiger partial charge < -0.3 is 5.32 Å². The van der Waals surface area contributed by atoms with E-state index in [1.807, 2.05) is 0 Å². The molecular formula is C14H10ClF2N3S. The smallest absolute Gasteiger partial charge is 0.164 e. The van der Waals surface area contributed by atoms with Crippen LogP contribution in [0.15, 0.2) is 30.3 Å². The Morgan fingerprint density at radius 3 is 2.81 bits per heavy atom. The van der Waals surface area contributed by atoms with E-state index < -0.39 is 17.7 Å². The summed E-state index contributed by atoms with van der Waals surface area (Å²) in [4.78, 5) is 0. The number of nitrogens with zero attached hydrogens (tertiary/aromatic N) is 2. The van der Waals surface area contributed by atoms with Crippen molar-refractivity contribution in [3.05, 3.63) is 52.6 Å². The topological polar surface area (TPSA) is 37.8 Å². The molecule has 1 atom stereocenters. The molecule has 1 heterocycles. The van der Waals surface area contributed by atoms with Gasteiger partial charge in [-0.2, -0.15) is 8.75 Å². The molecule has 3 aromatic rings. The van der Waals surface area contributed by atoms with E-state index in [2.05, 4.69) is 14.1 Å².